The van der Waals surface area contributed by atoms with Crippen LogP contribution in [0.1, 0.15) is 12.5 Å². The van der Waals surface area contributed by atoms with Crippen molar-refractivity contribution in [2.45, 2.75) is 26.1 Å². The van der Waals surface area contributed by atoms with Crippen molar-refractivity contribution in [2.75, 3.05) is 6.54 Å². The quantitative estimate of drug-likeness (QED) is 0.875. The third kappa shape index (κ3) is 4.48. The predicted molar refractivity (Wildman–Crippen MR) is 76.4 cm³/mol. The van der Waals surface area contributed by atoms with Crippen LogP contribution in [0.3, 0.4) is 0 Å². The maximum Gasteiger partial charge on any atom is 0.405 e. The number of alkyl halides is 3. The van der Waals surface area contributed by atoms with Crippen LogP contribution in [-0.4, -0.2) is 24.7 Å². The number of ether oxygens (including phenoxy) is 1. The van der Waals surface area contributed by atoms with E-state index in [4.69, 9.17) is 9.15 Å². The highest BCUT2D eigenvalue weighted by Crippen LogP contribution is 2.23. The van der Waals surface area contributed by atoms with Gasteiger partial charge in [-0.2, -0.15) is 13.2 Å². The Balaban J connectivity index is 2.12. The second kappa shape index (κ2) is 6.31. The Morgan fingerprint density at radius 2 is 2.04 bits per heavy atom. The minimum atomic E-state index is -4.49. The van der Waals surface area contributed by atoms with Crippen molar-refractivity contribution in [3.05, 3.63) is 40.2 Å². The highest BCUT2D eigenvalue weighted by molar-refractivity contribution is 5.82. The fraction of sp³-hybridized carbons (Fsp3) is 0.333. The van der Waals surface area contributed by atoms with E-state index in [1.807, 2.05) is 0 Å². The molecule has 0 aliphatic rings. The van der Waals surface area contributed by atoms with Gasteiger partial charge in [-0.15, -0.1) is 0 Å². The van der Waals surface area contributed by atoms with E-state index in [0.717, 1.165) is 5.56 Å². The van der Waals surface area contributed by atoms with Gasteiger partial charge in [-0.3, -0.25) is 4.79 Å². The van der Waals surface area contributed by atoms with Crippen LogP contribution in [-0.2, 0) is 4.79 Å². The van der Waals surface area contributed by atoms with Crippen molar-refractivity contribution < 1.29 is 27.1 Å². The molecule has 0 spiro atoms. The molecular formula is C15H14F3NO4. The first-order valence-corrected chi connectivity index (χ1v) is 6.71. The van der Waals surface area contributed by atoms with Crippen LogP contribution in [0, 0.1) is 6.92 Å². The molecule has 0 aliphatic heterocycles. The fourth-order valence-electron chi connectivity index (χ4n) is 1.97. The summed E-state index contributed by atoms with van der Waals surface area (Å²) < 4.78 is 46.5. The zero-order valence-electron chi connectivity index (χ0n) is 12.4. The lowest BCUT2D eigenvalue weighted by atomic mass is 10.1. The van der Waals surface area contributed by atoms with Gasteiger partial charge in [0, 0.05) is 17.5 Å². The first-order valence-electron chi connectivity index (χ1n) is 6.71. The molecule has 0 saturated carbocycles. The molecule has 1 aromatic carbocycles. The minimum Gasteiger partial charge on any atom is -0.481 e. The van der Waals surface area contributed by atoms with Crippen molar-refractivity contribution in [1.29, 1.82) is 0 Å². The molecule has 0 fully saturated rings. The van der Waals surface area contributed by atoms with E-state index in [9.17, 15) is 22.8 Å². The Morgan fingerprint density at radius 1 is 1.35 bits per heavy atom. The van der Waals surface area contributed by atoms with Gasteiger partial charge >= 0.3 is 11.8 Å². The molecule has 0 radical (unpaired) electrons. The molecule has 0 aliphatic carbocycles. The van der Waals surface area contributed by atoms with E-state index in [-0.39, 0.29) is 11.3 Å². The summed E-state index contributed by atoms with van der Waals surface area (Å²) in [6.45, 7) is 1.64. The first-order chi connectivity index (χ1) is 10.7. The monoisotopic (exact) mass is 329 g/mol. The van der Waals surface area contributed by atoms with Crippen molar-refractivity contribution in [1.82, 2.24) is 5.32 Å². The van der Waals surface area contributed by atoms with Gasteiger partial charge in [-0.1, -0.05) is 0 Å². The summed E-state index contributed by atoms with van der Waals surface area (Å²) in [5.74, 6) is -0.686. The number of nitrogens with one attached hydrogen (secondary N) is 1. The lowest BCUT2D eigenvalue weighted by Gasteiger charge is -2.15. The van der Waals surface area contributed by atoms with E-state index < -0.39 is 30.4 Å². The molecule has 1 unspecified atom stereocenters. The number of aryl methyl sites for hydroxylation is 1. The van der Waals surface area contributed by atoms with Crippen molar-refractivity contribution in [3.63, 3.8) is 0 Å². The molecular weight excluding hydrogens is 315 g/mol. The standard InChI is InChI=1S/C15H14F3NO4/c1-8-5-13(20)23-12-6-10(3-4-11(8)12)22-9(2)14(21)19-7-15(16,17)18/h3-6,9H,7H2,1-2H3,(H,19,21). The molecule has 2 rings (SSSR count). The average Bonchev–Trinajstić information content (AvgIpc) is 2.43. The molecule has 23 heavy (non-hydrogen) atoms. The lowest BCUT2D eigenvalue weighted by molar-refractivity contribution is -0.142. The molecule has 0 bridgehead atoms. The van der Waals surface area contributed by atoms with Crippen LogP contribution >= 0.6 is 0 Å². The van der Waals surface area contributed by atoms with E-state index in [2.05, 4.69) is 0 Å². The van der Waals surface area contributed by atoms with Gasteiger partial charge < -0.3 is 14.5 Å². The SMILES string of the molecule is Cc1cc(=O)oc2cc(OC(C)C(=O)NCC(F)(F)F)ccc12. The fourth-order valence-corrected chi connectivity index (χ4v) is 1.97. The molecule has 1 aromatic heterocycles. The van der Waals surface area contributed by atoms with Crippen LogP contribution in [0.5, 0.6) is 5.75 Å². The average molecular weight is 329 g/mol. The number of hydrogen-bond donors (Lipinski definition) is 1. The van der Waals surface area contributed by atoms with Crippen LogP contribution in [0.2, 0.25) is 0 Å². The largest absolute Gasteiger partial charge is 0.481 e. The van der Waals surface area contributed by atoms with E-state index in [1.54, 1.807) is 24.4 Å². The zero-order valence-corrected chi connectivity index (χ0v) is 12.4. The van der Waals surface area contributed by atoms with Crippen LogP contribution < -0.4 is 15.7 Å². The zero-order chi connectivity index (χ0) is 17.2. The molecule has 1 heterocycles. The van der Waals surface area contributed by atoms with Gasteiger partial charge in [0.2, 0.25) is 0 Å². The summed E-state index contributed by atoms with van der Waals surface area (Å²) in [5.41, 5.74) is 0.470. The van der Waals surface area contributed by atoms with Crippen molar-refractivity contribution in [3.8, 4) is 5.75 Å². The van der Waals surface area contributed by atoms with Crippen LogP contribution in [0.4, 0.5) is 13.2 Å². The number of amides is 1. The molecule has 2 aromatic rings. The molecule has 1 amide bonds. The summed E-state index contributed by atoms with van der Waals surface area (Å²) in [6.07, 6.45) is -5.62. The van der Waals surface area contributed by atoms with Gasteiger partial charge in [-0.05, 0) is 31.5 Å². The van der Waals surface area contributed by atoms with Crippen LogP contribution in [0.15, 0.2) is 33.5 Å². The molecule has 5 nitrogen and oxygen atoms in total. The summed E-state index contributed by atoms with van der Waals surface area (Å²) in [5, 5.41) is 2.44. The van der Waals surface area contributed by atoms with Gasteiger partial charge in [0.15, 0.2) is 6.10 Å². The van der Waals surface area contributed by atoms with Crippen LogP contribution in [0.25, 0.3) is 11.0 Å². The normalized spacial score (nSPS) is 12.9. The highest BCUT2D eigenvalue weighted by Gasteiger charge is 2.29. The second-order valence-electron chi connectivity index (χ2n) is 5.00. The predicted octanol–water partition coefficient (Wildman–Crippen LogP) is 2.55. The summed E-state index contributed by atoms with van der Waals surface area (Å²) in [7, 11) is 0. The third-order valence-electron chi connectivity index (χ3n) is 3.07. The Hall–Kier alpha value is -2.51. The van der Waals surface area contributed by atoms with Crippen molar-refractivity contribution in [2.24, 2.45) is 0 Å². The number of rotatable bonds is 4. The summed E-state index contributed by atoms with van der Waals surface area (Å²) in [6, 6.07) is 5.94. The van der Waals surface area contributed by atoms with E-state index >= 15 is 0 Å². The van der Waals surface area contributed by atoms with E-state index in [1.165, 1.54) is 19.1 Å². The van der Waals surface area contributed by atoms with Crippen molar-refractivity contribution >= 4 is 16.9 Å². The summed E-state index contributed by atoms with van der Waals surface area (Å²) in [4.78, 5) is 22.9. The van der Waals surface area contributed by atoms with Gasteiger partial charge in [0.25, 0.3) is 5.91 Å². The highest BCUT2D eigenvalue weighted by atomic mass is 19.4. The summed E-state index contributed by atoms with van der Waals surface area (Å²) >= 11 is 0. The van der Waals surface area contributed by atoms with Gasteiger partial charge in [0.05, 0.1) is 0 Å². The van der Waals surface area contributed by atoms with E-state index in [0.29, 0.717) is 5.39 Å². The Morgan fingerprint density at radius 3 is 2.70 bits per heavy atom. The smallest absolute Gasteiger partial charge is 0.405 e. The number of hydrogen-bond acceptors (Lipinski definition) is 4. The number of fused-ring (bicyclic) bond motifs is 1. The first kappa shape index (κ1) is 16.9. The molecule has 124 valence electrons. The lowest BCUT2D eigenvalue weighted by Crippen LogP contribution is -2.41. The third-order valence-corrected chi connectivity index (χ3v) is 3.07. The Labute approximate surface area is 129 Å². The maximum atomic E-state index is 12.1. The van der Waals surface area contributed by atoms with Gasteiger partial charge in [0.1, 0.15) is 17.9 Å². The number of carbonyl (C=O) groups is 1. The number of benzene rings is 1. The Kier molecular flexibility index (Phi) is 4.63. The topological polar surface area (TPSA) is 68.5 Å². The number of carbonyl (C=O) groups excluding carboxylic acids is 1. The van der Waals surface area contributed by atoms with Gasteiger partial charge in [-0.25, -0.2) is 4.79 Å². The molecule has 1 N–H and O–H groups in total. The minimum absolute atomic E-state index is 0.209. The second-order valence-corrected chi connectivity index (χ2v) is 5.00. The molecule has 0 saturated heterocycles. The Bertz CT molecular complexity index is 782. The molecule has 8 heteroatoms. The molecule has 1 atom stereocenters. The number of halogens is 3. The maximum absolute atomic E-state index is 12.1.